The number of rotatable bonds is 1. The van der Waals surface area contributed by atoms with Crippen LogP contribution in [0.2, 0.25) is 0 Å². The van der Waals surface area contributed by atoms with E-state index in [1.807, 2.05) is 23.6 Å². The zero-order chi connectivity index (χ0) is 12.8. The maximum Gasteiger partial charge on any atom is 0.231 e. The van der Waals surface area contributed by atoms with Crippen molar-refractivity contribution in [3.8, 4) is 11.5 Å². The Labute approximate surface area is 114 Å². The van der Waals surface area contributed by atoms with Gasteiger partial charge in [0.15, 0.2) is 11.5 Å². The third-order valence-corrected chi connectivity index (χ3v) is 4.46. The van der Waals surface area contributed by atoms with Crippen LogP contribution >= 0.6 is 11.3 Å². The van der Waals surface area contributed by atoms with Gasteiger partial charge in [0.2, 0.25) is 12.7 Å². The first kappa shape index (κ1) is 10.9. The lowest BCUT2D eigenvalue weighted by Crippen LogP contribution is -2.23. The van der Waals surface area contributed by atoms with E-state index in [1.54, 1.807) is 11.3 Å². The summed E-state index contributed by atoms with van der Waals surface area (Å²) in [5.41, 5.74) is 1.94. The maximum absolute atomic E-state index is 11.9. The summed E-state index contributed by atoms with van der Waals surface area (Å²) >= 11 is 1.68. The van der Waals surface area contributed by atoms with E-state index in [0.717, 1.165) is 17.0 Å². The fraction of sp³-hybridized carbons (Fsp3) is 0.214. The van der Waals surface area contributed by atoms with Gasteiger partial charge >= 0.3 is 0 Å². The van der Waals surface area contributed by atoms with Gasteiger partial charge in [0.05, 0.1) is 0 Å². The van der Waals surface area contributed by atoms with Crippen LogP contribution in [0.1, 0.15) is 22.8 Å². The van der Waals surface area contributed by atoms with Crippen molar-refractivity contribution in [3.05, 3.63) is 40.1 Å². The normalized spacial score (nSPS) is 20.0. The van der Waals surface area contributed by atoms with E-state index in [9.17, 15) is 4.79 Å². The minimum Gasteiger partial charge on any atom is -0.454 e. The fourth-order valence-corrected chi connectivity index (χ4v) is 3.44. The average molecular weight is 273 g/mol. The van der Waals surface area contributed by atoms with E-state index in [0.29, 0.717) is 12.2 Å². The molecule has 0 saturated carbocycles. The highest BCUT2D eigenvalue weighted by atomic mass is 32.1. The molecule has 19 heavy (non-hydrogen) atoms. The van der Waals surface area contributed by atoms with E-state index < -0.39 is 0 Å². The van der Waals surface area contributed by atoms with Gasteiger partial charge in [0.25, 0.3) is 0 Å². The molecule has 5 heteroatoms. The zero-order valence-electron chi connectivity index (χ0n) is 10.0. The number of carbonyl (C=O) groups is 1. The van der Waals surface area contributed by atoms with E-state index in [2.05, 4.69) is 11.4 Å². The largest absolute Gasteiger partial charge is 0.454 e. The lowest BCUT2D eigenvalue weighted by molar-refractivity contribution is -0.116. The van der Waals surface area contributed by atoms with E-state index in [4.69, 9.17) is 9.47 Å². The van der Waals surface area contributed by atoms with Crippen molar-refractivity contribution in [2.24, 2.45) is 0 Å². The second-order valence-corrected chi connectivity index (χ2v) is 5.59. The minimum atomic E-state index is 0.0461. The van der Waals surface area contributed by atoms with Gasteiger partial charge in [0.1, 0.15) is 0 Å². The summed E-state index contributed by atoms with van der Waals surface area (Å²) < 4.78 is 10.8. The fourth-order valence-electron chi connectivity index (χ4n) is 2.59. The van der Waals surface area contributed by atoms with Gasteiger partial charge in [0, 0.05) is 29.0 Å². The molecule has 1 N–H and O–H groups in total. The van der Waals surface area contributed by atoms with Gasteiger partial charge in [-0.2, -0.15) is 0 Å². The second-order valence-electron chi connectivity index (χ2n) is 4.61. The Bertz CT molecular complexity index is 651. The van der Waals surface area contributed by atoms with Crippen LogP contribution in [0.15, 0.2) is 29.6 Å². The van der Waals surface area contributed by atoms with Crippen LogP contribution in [0.4, 0.5) is 5.69 Å². The van der Waals surface area contributed by atoms with E-state index in [1.165, 1.54) is 4.88 Å². The van der Waals surface area contributed by atoms with Crippen molar-refractivity contribution in [2.75, 3.05) is 12.1 Å². The number of hydrogen-bond acceptors (Lipinski definition) is 4. The third kappa shape index (κ3) is 1.69. The van der Waals surface area contributed by atoms with Crippen LogP contribution in [0.5, 0.6) is 11.5 Å². The lowest BCUT2D eigenvalue weighted by Gasteiger charge is -2.25. The van der Waals surface area contributed by atoms with Crippen molar-refractivity contribution in [2.45, 2.75) is 12.3 Å². The van der Waals surface area contributed by atoms with E-state index >= 15 is 0 Å². The zero-order valence-corrected chi connectivity index (χ0v) is 10.8. The molecule has 1 amide bonds. The van der Waals surface area contributed by atoms with Crippen LogP contribution in [-0.2, 0) is 4.79 Å². The number of nitrogens with one attached hydrogen (secondary N) is 1. The average Bonchev–Trinajstić information content (AvgIpc) is 3.06. The highest BCUT2D eigenvalue weighted by Crippen LogP contribution is 2.45. The molecule has 2 aliphatic heterocycles. The molecule has 1 aromatic heterocycles. The number of fused-ring (bicyclic) bond motifs is 2. The summed E-state index contributed by atoms with van der Waals surface area (Å²) in [5, 5.41) is 4.95. The number of amides is 1. The van der Waals surface area contributed by atoms with Crippen molar-refractivity contribution in [1.29, 1.82) is 0 Å². The molecule has 0 aliphatic carbocycles. The van der Waals surface area contributed by atoms with Crippen molar-refractivity contribution in [3.63, 3.8) is 0 Å². The van der Waals surface area contributed by atoms with Gasteiger partial charge in [-0.15, -0.1) is 11.3 Å². The minimum absolute atomic E-state index is 0.0461. The summed E-state index contributed by atoms with van der Waals surface area (Å²) in [6.45, 7) is 0.246. The molecule has 4 rings (SSSR count). The molecule has 0 unspecified atom stereocenters. The Hall–Kier alpha value is -2.01. The van der Waals surface area contributed by atoms with E-state index in [-0.39, 0.29) is 18.6 Å². The summed E-state index contributed by atoms with van der Waals surface area (Å²) in [4.78, 5) is 13.1. The summed E-state index contributed by atoms with van der Waals surface area (Å²) in [5.74, 6) is 1.62. The smallest absolute Gasteiger partial charge is 0.231 e. The molecule has 96 valence electrons. The standard InChI is InChI=1S/C14H11NO3S/c16-14-5-9(13-2-1-3-19-13)8-4-11-12(18-7-17-11)6-10(8)15-14/h1-4,6,9H,5,7H2,(H,15,16)/t9-/m0/s1. The highest BCUT2D eigenvalue weighted by Gasteiger charge is 2.30. The quantitative estimate of drug-likeness (QED) is 0.869. The topological polar surface area (TPSA) is 47.6 Å². The number of thiophene rings is 1. The predicted octanol–water partition coefficient (Wildman–Crippen LogP) is 2.95. The molecular formula is C14H11NO3S. The van der Waals surface area contributed by atoms with Crippen molar-refractivity contribution in [1.82, 2.24) is 0 Å². The Morgan fingerprint density at radius 1 is 1.26 bits per heavy atom. The number of ether oxygens (including phenoxy) is 2. The molecule has 2 aliphatic rings. The Morgan fingerprint density at radius 2 is 2.11 bits per heavy atom. The summed E-state index contributed by atoms with van der Waals surface area (Å²) in [7, 11) is 0. The van der Waals surface area contributed by atoms with Gasteiger partial charge in [-0.25, -0.2) is 0 Å². The monoisotopic (exact) mass is 273 g/mol. The first-order valence-electron chi connectivity index (χ1n) is 6.08. The number of benzene rings is 1. The Balaban J connectivity index is 1.87. The summed E-state index contributed by atoms with van der Waals surface area (Å²) in [6.07, 6.45) is 0.479. The van der Waals surface area contributed by atoms with Gasteiger partial charge < -0.3 is 14.8 Å². The second kappa shape index (κ2) is 3.99. The van der Waals surface area contributed by atoms with Crippen molar-refractivity contribution >= 4 is 22.9 Å². The molecule has 1 aromatic carbocycles. The molecule has 0 fully saturated rings. The van der Waals surface area contributed by atoms with Crippen LogP contribution in [0.3, 0.4) is 0 Å². The van der Waals surface area contributed by atoms with Crippen LogP contribution in [0, 0.1) is 0 Å². The van der Waals surface area contributed by atoms with Gasteiger partial charge in [-0.3, -0.25) is 4.79 Å². The third-order valence-electron chi connectivity index (χ3n) is 3.47. The molecule has 1 atom stereocenters. The molecule has 4 nitrogen and oxygen atoms in total. The van der Waals surface area contributed by atoms with Crippen LogP contribution < -0.4 is 14.8 Å². The maximum atomic E-state index is 11.9. The molecule has 0 spiro atoms. The van der Waals surface area contributed by atoms with Gasteiger partial charge in [-0.1, -0.05) is 6.07 Å². The molecular weight excluding hydrogens is 262 g/mol. The first-order valence-corrected chi connectivity index (χ1v) is 6.96. The number of carbonyl (C=O) groups excluding carboxylic acids is 1. The molecule has 3 heterocycles. The highest BCUT2D eigenvalue weighted by molar-refractivity contribution is 7.10. The molecule has 0 saturated heterocycles. The Morgan fingerprint density at radius 3 is 2.89 bits per heavy atom. The SMILES string of the molecule is O=C1C[C@H](c2cccs2)c2cc3c(cc2N1)OCO3. The first-order chi connectivity index (χ1) is 9.31. The molecule has 2 aromatic rings. The molecule has 0 bridgehead atoms. The predicted molar refractivity (Wildman–Crippen MR) is 72.0 cm³/mol. The number of hydrogen-bond donors (Lipinski definition) is 1. The van der Waals surface area contributed by atoms with Crippen molar-refractivity contribution < 1.29 is 14.3 Å². The van der Waals surface area contributed by atoms with Gasteiger partial charge in [-0.05, 0) is 23.1 Å². The number of anilines is 1. The summed E-state index contributed by atoms with van der Waals surface area (Å²) in [6, 6.07) is 7.93. The van der Waals surface area contributed by atoms with Crippen LogP contribution in [-0.4, -0.2) is 12.7 Å². The lowest BCUT2D eigenvalue weighted by atomic mass is 9.89. The van der Waals surface area contributed by atoms with Crippen LogP contribution in [0.25, 0.3) is 0 Å². The Kier molecular flexibility index (Phi) is 2.29. The molecule has 0 radical (unpaired) electrons.